The van der Waals surface area contributed by atoms with Crippen LogP contribution in [0.15, 0.2) is 0 Å². The van der Waals surface area contributed by atoms with Gasteiger partial charge in [0.1, 0.15) is 0 Å². The van der Waals surface area contributed by atoms with Crippen LogP contribution < -0.4 is 47.9 Å². The summed E-state index contributed by atoms with van der Waals surface area (Å²) in [5.74, 6) is -2.92. The Kier molecular flexibility index (Phi) is 28.5. The molecule has 0 bridgehead atoms. The van der Waals surface area contributed by atoms with Crippen LogP contribution >= 0.6 is 0 Å². The fourth-order valence-corrected chi connectivity index (χ4v) is 4.09. The number of unbranched alkanes of at least 4 members (excludes halogenated alkanes) is 16. The van der Waals surface area contributed by atoms with E-state index < -0.39 is 17.4 Å². The van der Waals surface area contributed by atoms with Crippen molar-refractivity contribution in [1.29, 1.82) is 0 Å². The molecule has 0 rings (SSSR count). The number of rotatable bonds is 22. The molecule has 0 aromatic heterocycles. The first-order valence-electron chi connectivity index (χ1n) is 12.4. The van der Waals surface area contributed by atoms with Crippen molar-refractivity contribution in [2.24, 2.45) is 5.41 Å². The van der Waals surface area contributed by atoms with Crippen LogP contribution in [0.1, 0.15) is 142 Å². The van der Waals surface area contributed by atoms with Crippen LogP contribution in [0.5, 0.6) is 0 Å². The average molecular weight is 425 g/mol. The third kappa shape index (κ3) is 18.3. The van der Waals surface area contributed by atoms with Crippen molar-refractivity contribution in [3.63, 3.8) is 0 Å². The molecule has 0 radical (unpaired) electrons. The Morgan fingerprint density at radius 1 is 0.484 bits per heavy atom. The molecule has 0 aromatic rings. The zero-order valence-electron chi connectivity index (χ0n) is 21.3. The summed E-state index contributed by atoms with van der Waals surface area (Å²) >= 11 is 0. The topological polar surface area (TPSA) is 80.3 Å². The van der Waals surface area contributed by atoms with Crippen LogP contribution in [0.3, 0.4) is 0 Å². The van der Waals surface area contributed by atoms with Crippen molar-refractivity contribution in [2.75, 3.05) is 0 Å². The van der Waals surface area contributed by atoms with Crippen LogP contribution in [-0.2, 0) is 9.59 Å². The second-order valence-corrected chi connectivity index (χ2v) is 8.81. The van der Waals surface area contributed by atoms with Crippen molar-refractivity contribution >= 4 is 11.9 Å². The van der Waals surface area contributed by atoms with E-state index in [0.717, 1.165) is 38.5 Å². The zero-order valence-corrected chi connectivity index (χ0v) is 21.3. The molecule has 0 spiro atoms. The van der Waals surface area contributed by atoms with Gasteiger partial charge in [0, 0.05) is 5.41 Å². The molecule has 0 aliphatic carbocycles. The fraction of sp³-hybridized carbons (Fsp3) is 0.920. The minimum atomic E-state index is -1.80. The van der Waals surface area contributed by atoms with E-state index in [4.69, 9.17) is 0 Å². The van der Waals surface area contributed by atoms with Gasteiger partial charge in [-0.05, 0) is 12.8 Å². The van der Waals surface area contributed by atoms with Crippen molar-refractivity contribution in [1.82, 2.24) is 0 Å². The second kappa shape index (κ2) is 24.8. The molecular formula is C25H46Li2O4. The minimum absolute atomic E-state index is 0. The van der Waals surface area contributed by atoms with Crippen molar-refractivity contribution < 1.29 is 57.5 Å². The van der Waals surface area contributed by atoms with Gasteiger partial charge in [0.2, 0.25) is 0 Å². The molecular weight excluding hydrogens is 378 g/mol. The predicted octanol–water partition coefficient (Wildman–Crippen LogP) is -0.678. The van der Waals surface area contributed by atoms with Crippen molar-refractivity contribution in [3.8, 4) is 0 Å². The van der Waals surface area contributed by atoms with Gasteiger partial charge < -0.3 is 19.8 Å². The predicted molar refractivity (Wildman–Crippen MR) is 116 cm³/mol. The maximum atomic E-state index is 11.7. The molecule has 4 nitrogen and oxygen atoms in total. The number of carboxylic acid groups (broad SMARTS) is 2. The van der Waals surface area contributed by atoms with Crippen LogP contribution in [0.4, 0.5) is 0 Å². The Morgan fingerprint density at radius 3 is 0.935 bits per heavy atom. The fourth-order valence-electron chi connectivity index (χ4n) is 4.09. The molecule has 0 heterocycles. The summed E-state index contributed by atoms with van der Waals surface area (Å²) in [5.41, 5.74) is -1.80. The van der Waals surface area contributed by atoms with E-state index in [1.54, 1.807) is 0 Å². The Balaban J connectivity index is -0.00000392. The molecule has 0 aromatic carbocycles. The van der Waals surface area contributed by atoms with Gasteiger partial charge in [0.25, 0.3) is 0 Å². The number of carboxylic acids is 2. The number of carbonyl (C=O) groups excluding carboxylic acids is 2. The zero-order chi connectivity index (χ0) is 21.8. The molecule has 0 saturated carbocycles. The smallest absolute Gasteiger partial charge is 0.549 e. The molecule has 0 fully saturated rings. The Labute approximate surface area is 216 Å². The van der Waals surface area contributed by atoms with E-state index in [1.165, 1.54) is 64.2 Å². The molecule has 0 aliphatic heterocycles. The van der Waals surface area contributed by atoms with Crippen LogP contribution in [-0.4, -0.2) is 11.9 Å². The van der Waals surface area contributed by atoms with Crippen LogP contribution in [0.2, 0.25) is 0 Å². The number of carbonyl (C=O) groups is 2. The van der Waals surface area contributed by atoms with E-state index in [9.17, 15) is 19.8 Å². The molecule has 0 amide bonds. The van der Waals surface area contributed by atoms with Crippen LogP contribution in [0, 0.1) is 5.41 Å². The maximum Gasteiger partial charge on any atom is 1.00 e. The first kappa shape index (κ1) is 35.7. The molecule has 0 saturated heterocycles. The minimum Gasteiger partial charge on any atom is -0.549 e. The molecule has 31 heavy (non-hydrogen) atoms. The third-order valence-corrected chi connectivity index (χ3v) is 6.20. The summed E-state index contributed by atoms with van der Waals surface area (Å²) in [4.78, 5) is 23.3. The summed E-state index contributed by atoms with van der Waals surface area (Å²) in [6.45, 7) is 4.41. The van der Waals surface area contributed by atoms with Gasteiger partial charge in [-0.2, -0.15) is 0 Å². The number of hydrogen-bond donors (Lipinski definition) is 0. The van der Waals surface area contributed by atoms with Gasteiger partial charge >= 0.3 is 37.7 Å². The van der Waals surface area contributed by atoms with Crippen LogP contribution in [0.25, 0.3) is 0 Å². The Morgan fingerprint density at radius 2 is 0.710 bits per heavy atom. The van der Waals surface area contributed by atoms with Gasteiger partial charge in [-0.25, -0.2) is 0 Å². The summed E-state index contributed by atoms with van der Waals surface area (Å²) < 4.78 is 0. The van der Waals surface area contributed by atoms with E-state index in [1.807, 2.05) is 0 Å². The maximum absolute atomic E-state index is 11.7. The SMILES string of the molecule is CCCCCCCCCCCC(CCCCCCCCCCC)(C(=O)[O-])C(=O)[O-].[Li+].[Li+]. The Hall–Kier alpha value is 0.135. The summed E-state index contributed by atoms with van der Waals surface area (Å²) in [6, 6.07) is 0. The molecule has 172 valence electrons. The summed E-state index contributed by atoms with van der Waals surface area (Å²) in [7, 11) is 0. The molecule has 6 heteroatoms. The van der Waals surface area contributed by atoms with Crippen molar-refractivity contribution in [2.45, 2.75) is 142 Å². The quantitative estimate of drug-likeness (QED) is 0.131. The third-order valence-electron chi connectivity index (χ3n) is 6.20. The first-order valence-corrected chi connectivity index (χ1v) is 12.4. The van der Waals surface area contributed by atoms with Gasteiger partial charge in [-0.15, -0.1) is 0 Å². The van der Waals surface area contributed by atoms with Gasteiger partial charge in [-0.1, -0.05) is 129 Å². The number of aliphatic carboxylic acids is 2. The normalized spacial score (nSPS) is 10.9. The standard InChI is InChI=1S/C25H48O4.2Li/c1-3-5-7-9-11-13-15-17-19-21-25(23(26)27,24(28)29)22-20-18-16-14-12-10-8-6-4-2;;/h3-22H2,1-2H3,(H,26,27)(H,28,29);;/q;2*+1/p-2. The van der Waals surface area contributed by atoms with Gasteiger partial charge in [-0.3, -0.25) is 0 Å². The summed E-state index contributed by atoms with van der Waals surface area (Å²) in [5, 5.41) is 23.3. The van der Waals surface area contributed by atoms with E-state index in [-0.39, 0.29) is 50.6 Å². The van der Waals surface area contributed by atoms with Crippen molar-refractivity contribution in [3.05, 3.63) is 0 Å². The first-order chi connectivity index (χ1) is 14.0. The monoisotopic (exact) mass is 424 g/mol. The van der Waals surface area contributed by atoms with E-state index in [0.29, 0.717) is 12.8 Å². The second-order valence-electron chi connectivity index (χ2n) is 8.81. The number of hydrogen-bond acceptors (Lipinski definition) is 4. The molecule has 0 aliphatic rings. The van der Waals surface area contributed by atoms with E-state index in [2.05, 4.69) is 13.8 Å². The summed E-state index contributed by atoms with van der Waals surface area (Å²) in [6.07, 6.45) is 20.2. The molecule has 0 atom stereocenters. The van der Waals surface area contributed by atoms with Gasteiger partial charge in [0.05, 0.1) is 11.9 Å². The molecule has 0 unspecified atom stereocenters. The largest absolute Gasteiger partial charge is 1.00 e. The van der Waals surface area contributed by atoms with E-state index >= 15 is 0 Å². The van der Waals surface area contributed by atoms with Gasteiger partial charge in [0.15, 0.2) is 0 Å². The molecule has 0 N–H and O–H groups in total. The average Bonchev–Trinajstić information content (AvgIpc) is 2.69. The Bertz CT molecular complexity index is 378.